The Balaban J connectivity index is 1.58. The number of nitrogens with zero attached hydrogens (tertiary/aromatic N) is 3. The first-order valence-corrected chi connectivity index (χ1v) is 7.82. The second-order valence-corrected chi connectivity index (χ2v) is 5.45. The number of phenolic OH excluding ortho intramolecular Hbond substituents is 1. The Hall–Kier alpha value is -3.52. The highest BCUT2D eigenvalue weighted by molar-refractivity contribution is 5.40. The fraction of sp³-hybridized carbons (Fsp3) is 0.111. The molecule has 8 heteroatoms. The molecule has 1 heterocycles. The quantitative estimate of drug-likeness (QED) is 0.496. The van der Waals surface area contributed by atoms with Crippen molar-refractivity contribution in [3.63, 3.8) is 0 Å². The molecule has 0 unspecified atom stereocenters. The van der Waals surface area contributed by atoms with Gasteiger partial charge in [-0.2, -0.15) is 0 Å². The topological polar surface area (TPSA) is 110 Å². The van der Waals surface area contributed by atoms with Crippen LogP contribution in [0.3, 0.4) is 0 Å². The minimum absolute atomic E-state index is 0.0526. The number of benzene rings is 2. The predicted molar refractivity (Wildman–Crippen MR) is 93.9 cm³/mol. The molecule has 0 saturated heterocycles. The Morgan fingerprint density at radius 2 is 1.88 bits per heavy atom. The minimum Gasteiger partial charge on any atom is -0.507 e. The summed E-state index contributed by atoms with van der Waals surface area (Å²) in [6, 6.07) is 13.2. The van der Waals surface area contributed by atoms with Crippen LogP contribution in [0, 0.1) is 10.1 Å². The van der Waals surface area contributed by atoms with Crippen LogP contribution in [0.2, 0.25) is 0 Å². The fourth-order valence-corrected chi connectivity index (χ4v) is 2.32. The summed E-state index contributed by atoms with van der Waals surface area (Å²) in [7, 11) is 0. The van der Waals surface area contributed by atoms with E-state index in [-0.39, 0.29) is 17.4 Å². The smallest absolute Gasteiger partial charge is 0.321 e. The van der Waals surface area contributed by atoms with Crippen molar-refractivity contribution >= 4 is 5.69 Å². The molecule has 0 aliphatic rings. The zero-order valence-corrected chi connectivity index (χ0v) is 13.7. The molecule has 3 rings (SSSR count). The van der Waals surface area contributed by atoms with E-state index in [9.17, 15) is 15.2 Å². The molecule has 0 aliphatic heterocycles. The molecule has 0 radical (unpaired) electrons. The van der Waals surface area contributed by atoms with Crippen molar-refractivity contribution in [1.29, 1.82) is 0 Å². The highest BCUT2D eigenvalue weighted by Gasteiger charge is 2.07. The summed E-state index contributed by atoms with van der Waals surface area (Å²) in [4.78, 5) is 18.3. The van der Waals surface area contributed by atoms with Gasteiger partial charge in [-0.25, -0.2) is 9.97 Å². The summed E-state index contributed by atoms with van der Waals surface area (Å²) < 4.78 is 5.46. The summed E-state index contributed by atoms with van der Waals surface area (Å²) in [6.07, 6.45) is 3.13. The zero-order chi connectivity index (χ0) is 18.4. The van der Waals surface area contributed by atoms with Crippen molar-refractivity contribution in [2.45, 2.75) is 13.1 Å². The number of hydrogen-bond acceptors (Lipinski definition) is 7. The lowest BCUT2D eigenvalue weighted by atomic mass is 10.1. The van der Waals surface area contributed by atoms with Gasteiger partial charge in [-0.15, -0.1) is 0 Å². The number of hydrogen-bond donors (Lipinski definition) is 2. The number of nitro benzene ring substituents is 1. The zero-order valence-electron chi connectivity index (χ0n) is 13.7. The van der Waals surface area contributed by atoms with Crippen LogP contribution in [-0.2, 0) is 13.1 Å². The SMILES string of the molecule is O=[N+]([O-])c1cccc(CNCc2ccc(Oc3ncccn3)cc2O)c1. The van der Waals surface area contributed by atoms with Gasteiger partial charge in [0.1, 0.15) is 11.5 Å². The lowest BCUT2D eigenvalue weighted by Gasteiger charge is -2.09. The summed E-state index contributed by atoms with van der Waals surface area (Å²) in [5.41, 5.74) is 1.52. The maximum atomic E-state index is 10.8. The molecule has 2 N–H and O–H groups in total. The molecule has 0 saturated carbocycles. The molecule has 2 aromatic carbocycles. The summed E-state index contributed by atoms with van der Waals surface area (Å²) in [6.45, 7) is 0.841. The van der Waals surface area contributed by atoms with Gasteiger partial charge in [0.15, 0.2) is 0 Å². The lowest BCUT2D eigenvalue weighted by molar-refractivity contribution is -0.384. The monoisotopic (exact) mass is 352 g/mol. The Morgan fingerprint density at radius 3 is 2.62 bits per heavy atom. The van der Waals surface area contributed by atoms with Crippen LogP contribution >= 0.6 is 0 Å². The molecule has 132 valence electrons. The minimum atomic E-state index is -0.426. The van der Waals surface area contributed by atoms with E-state index in [1.807, 2.05) is 0 Å². The van der Waals surface area contributed by atoms with Crippen LogP contribution in [0.15, 0.2) is 60.9 Å². The first kappa shape index (κ1) is 17.3. The number of aromatic hydroxyl groups is 1. The number of non-ortho nitro benzene ring substituents is 1. The second kappa shape index (κ2) is 8.04. The van der Waals surface area contributed by atoms with Crippen LogP contribution in [0.5, 0.6) is 17.5 Å². The third-order valence-corrected chi connectivity index (χ3v) is 3.57. The lowest BCUT2D eigenvalue weighted by Crippen LogP contribution is -2.12. The Kier molecular flexibility index (Phi) is 5.35. The molecule has 3 aromatic rings. The largest absolute Gasteiger partial charge is 0.507 e. The van der Waals surface area contributed by atoms with Crippen LogP contribution < -0.4 is 10.1 Å². The Labute approximate surface area is 149 Å². The first-order chi connectivity index (χ1) is 12.6. The Bertz CT molecular complexity index is 903. The standard InChI is InChI=1S/C18H16N4O4/c23-17-10-16(26-18-20-7-2-8-21-18)6-5-14(17)12-19-11-13-3-1-4-15(9-13)22(24)25/h1-10,19,23H,11-12H2. The van der Waals surface area contributed by atoms with Gasteiger partial charge in [0.2, 0.25) is 0 Å². The number of ether oxygens (including phenoxy) is 1. The van der Waals surface area contributed by atoms with E-state index in [0.29, 0.717) is 24.4 Å². The van der Waals surface area contributed by atoms with E-state index in [1.54, 1.807) is 42.7 Å². The van der Waals surface area contributed by atoms with Gasteiger partial charge in [-0.3, -0.25) is 10.1 Å². The number of aromatic nitrogens is 2. The van der Waals surface area contributed by atoms with Gasteiger partial charge >= 0.3 is 6.01 Å². The van der Waals surface area contributed by atoms with Crippen LogP contribution in [-0.4, -0.2) is 20.0 Å². The molecule has 0 atom stereocenters. The van der Waals surface area contributed by atoms with Crippen molar-refractivity contribution in [3.05, 3.63) is 82.2 Å². The van der Waals surface area contributed by atoms with E-state index >= 15 is 0 Å². The van der Waals surface area contributed by atoms with E-state index in [1.165, 1.54) is 18.2 Å². The van der Waals surface area contributed by atoms with Crippen molar-refractivity contribution in [1.82, 2.24) is 15.3 Å². The highest BCUT2D eigenvalue weighted by atomic mass is 16.6. The third-order valence-electron chi connectivity index (χ3n) is 3.57. The third kappa shape index (κ3) is 4.52. The fourth-order valence-electron chi connectivity index (χ4n) is 2.32. The molecule has 0 aliphatic carbocycles. The van der Waals surface area contributed by atoms with E-state index in [0.717, 1.165) is 5.56 Å². The molecule has 0 fully saturated rings. The van der Waals surface area contributed by atoms with Gasteiger partial charge in [0.05, 0.1) is 4.92 Å². The van der Waals surface area contributed by atoms with Gasteiger partial charge < -0.3 is 15.2 Å². The molecule has 1 aromatic heterocycles. The van der Waals surface area contributed by atoms with Crippen molar-refractivity contribution in [2.24, 2.45) is 0 Å². The molecule has 0 bridgehead atoms. The Morgan fingerprint density at radius 1 is 1.08 bits per heavy atom. The maximum absolute atomic E-state index is 10.8. The van der Waals surface area contributed by atoms with Crippen LogP contribution in [0.1, 0.15) is 11.1 Å². The molecular formula is C18H16N4O4. The normalized spacial score (nSPS) is 10.5. The number of nitrogens with one attached hydrogen (secondary N) is 1. The maximum Gasteiger partial charge on any atom is 0.321 e. The van der Waals surface area contributed by atoms with Gasteiger partial charge in [0.25, 0.3) is 5.69 Å². The van der Waals surface area contributed by atoms with Crippen molar-refractivity contribution in [3.8, 4) is 17.5 Å². The summed E-state index contributed by atoms with van der Waals surface area (Å²) in [5.74, 6) is 0.501. The summed E-state index contributed by atoms with van der Waals surface area (Å²) in [5, 5.41) is 24.1. The number of nitro groups is 1. The van der Waals surface area contributed by atoms with Gasteiger partial charge in [-0.05, 0) is 17.7 Å². The first-order valence-electron chi connectivity index (χ1n) is 7.82. The van der Waals surface area contributed by atoms with E-state index in [2.05, 4.69) is 15.3 Å². The molecular weight excluding hydrogens is 336 g/mol. The van der Waals surface area contributed by atoms with Gasteiger partial charge in [0, 0.05) is 49.2 Å². The average molecular weight is 352 g/mol. The van der Waals surface area contributed by atoms with E-state index < -0.39 is 4.92 Å². The van der Waals surface area contributed by atoms with Gasteiger partial charge in [-0.1, -0.05) is 18.2 Å². The average Bonchev–Trinajstić information content (AvgIpc) is 2.64. The number of phenols is 1. The van der Waals surface area contributed by atoms with E-state index in [4.69, 9.17) is 4.74 Å². The van der Waals surface area contributed by atoms with Crippen LogP contribution in [0.4, 0.5) is 5.69 Å². The molecule has 0 amide bonds. The van der Waals surface area contributed by atoms with Crippen molar-refractivity contribution < 1.29 is 14.8 Å². The predicted octanol–water partition coefficient (Wildman–Crippen LogP) is 3.17. The summed E-state index contributed by atoms with van der Waals surface area (Å²) >= 11 is 0. The molecule has 8 nitrogen and oxygen atoms in total. The van der Waals surface area contributed by atoms with Crippen molar-refractivity contribution in [2.75, 3.05) is 0 Å². The highest BCUT2D eigenvalue weighted by Crippen LogP contribution is 2.26. The van der Waals surface area contributed by atoms with Crippen LogP contribution in [0.25, 0.3) is 0 Å². The number of rotatable bonds is 7. The second-order valence-electron chi connectivity index (χ2n) is 5.45. The molecule has 0 spiro atoms. The molecule has 26 heavy (non-hydrogen) atoms.